The highest BCUT2D eigenvalue weighted by molar-refractivity contribution is 5.80. The normalized spacial score (nSPS) is 12.2. The van der Waals surface area contributed by atoms with Crippen LogP contribution >= 0.6 is 0 Å². The van der Waals surface area contributed by atoms with Gasteiger partial charge in [0.2, 0.25) is 0 Å². The molecule has 0 amide bonds. The molecule has 0 saturated carbocycles. The van der Waals surface area contributed by atoms with Crippen molar-refractivity contribution in [1.29, 1.82) is 0 Å². The van der Waals surface area contributed by atoms with E-state index < -0.39 is 0 Å². The molecule has 9 heteroatoms. The van der Waals surface area contributed by atoms with Gasteiger partial charge in [-0.2, -0.15) is 0 Å². The maximum atomic E-state index is 3.53. The summed E-state index contributed by atoms with van der Waals surface area (Å²) < 4.78 is 0. The molecule has 0 unspecified atom stereocenters. The highest BCUT2D eigenvalue weighted by atomic mass is 15.2. The summed E-state index contributed by atoms with van der Waals surface area (Å²) in [4.78, 5) is 6.88. The van der Waals surface area contributed by atoms with Crippen molar-refractivity contribution < 1.29 is 0 Å². The summed E-state index contributed by atoms with van der Waals surface area (Å²) in [6.07, 6.45) is 0.690. The van der Waals surface area contributed by atoms with Crippen molar-refractivity contribution in [2.24, 2.45) is 0 Å². The number of nitrogens with one attached hydrogen (secondary N) is 6. The van der Waals surface area contributed by atoms with Crippen molar-refractivity contribution in [3.05, 3.63) is 271 Å². The van der Waals surface area contributed by atoms with Crippen LogP contribution in [0, 0.1) is 0 Å². The number of hydrogen-bond acceptors (Lipinski definition) is 9. The summed E-state index contributed by atoms with van der Waals surface area (Å²) in [5, 5.41) is 21.0. The van der Waals surface area contributed by atoms with E-state index in [4.69, 9.17) is 0 Å². The summed E-state index contributed by atoms with van der Waals surface area (Å²) in [7, 11) is 0. The number of hydrogen-bond donors (Lipinski definition) is 6. The van der Waals surface area contributed by atoms with Crippen LogP contribution in [0.15, 0.2) is 255 Å². The van der Waals surface area contributed by atoms with Crippen LogP contribution in [0.2, 0.25) is 0 Å². The summed E-state index contributed by atoms with van der Waals surface area (Å²) in [6, 6.07) is 89.1. The largest absolute Gasteiger partial charge is 0.311 e. The van der Waals surface area contributed by atoms with E-state index in [1.54, 1.807) is 0 Å². The van der Waals surface area contributed by atoms with Gasteiger partial charge in [0.15, 0.2) is 0 Å². The summed E-state index contributed by atoms with van der Waals surface area (Å²) in [5.41, 5.74) is 14.3. The van der Waals surface area contributed by atoms with Crippen LogP contribution < -0.4 is 46.6 Å². The lowest BCUT2D eigenvalue weighted by molar-refractivity contribution is 0.588. The molecule has 9 aromatic carbocycles. The quantitative estimate of drug-likeness (QED) is 0.0717. The molecule has 3 saturated heterocycles. The first-order chi connectivity index (χ1) is 44.8. The van der Waals surface area contributed by atoms with E-state index in [1.165, 1.54) is 28.1 Å². The second kappa shape index (κ2) is 53.9. The minimum Gasteiger partial charge on any atom is -0.311 e. The zero-order valence-electron chi connectivity index (χ0n) is 58.6. The first-order valence-electron chi connectivity index (χ1n) is 34.2. The van der Waals surface area contributed by atoms with E-state index in [2.05, 4.69) is 289 Å². The molecule has 0 aromatic heterocycles. The second-order valence-corrected chi connectivity index (χ2v) is 17.8. The van der Waals surface area contributed by atoms with E-state index in [9.17, 15) is 0 Å². The number of para-hydroxylation sites is 7. The van der Waals surface area contributed by atoms with E-state index in [0.29, 0.717) is 0 Å². The molecule has 0 aliphatic carbocycles. The molecular formula is C82H121N9. The lowest BCUT2D eigenvalue weighted by Gasteiger charge is -2.29. The highest BCUT2D eigenvalue weighted by Gasteiger charge is 2.23. The Labute approximate surface area is 556 Å². The lowest BCUT2D eigenvalue weighted by Crippen LogP contribution is -2.24. The van der Waals surface area contributed by atoms with Gasteiger partial charge in [-0.3, -0.25) is 31.9 Å². The molecule has 3 aliphatic rings. The minimum absolute atomic E-state index is 0. The van der Waals surface area contributed by atoms with Crippen molar-refractivity contribution >= 4 is 51.2 Å². The second-order valence-electron chi connectivity index (χ2n) is 17.8. The number of benzene rings is 9. The molecule has 0 atom stereocenters. The molecule has 3 aliphatic heterocycles. The molecule has 6 N–H and O–H groups in total. The zero-order chi connectivity index (χ0) is 66.6. The fourth-order valence-corrected chi connectivity index (χ4v) is 9.59. The summed E-state index contributed by atoms with van der Waals surface area (Å²) in [5.74, 6) is 0. The summed E-state index contributed by atoms with van der Waals surface area (Å²) in [6.45, 7) is 42.1. The van der Waals surface area contributed by atoms with E-state index in [1.807, 2.05) is 137 Å². The van der Waals surface area contributed by atoms with Gasteiger partial charge in [-0.05, 0) is 114 Å². The lowest BCUT2D eigenvalue weighted by atomic mass is 10.1. The van der Waals surface area contributed by atoms with E-state index in [-0.39, 0.29) is 25.9 Å². The molecule has 12 rings (SSSR count). The predicted octanol–water partition coefficient (Wildman–Crippen LogP) is 22.9. The standard InChI is InChI=1S/3C21H21N3.9C2H6.CH4/c1-3-9-18(10-4-1)24(19-11-5-2-6-12-19)20-13-7-8-17(16-20)21-22-14-15-23-21;1-3-9-17(10-4-1)24(18-11-5-2-6-12-18)20-14-8-7-13-19(20)21-22-15-16-23-21;1-3-7-18(8-4-1)24(19-9-5-2-6-10-19)20-13-11-17(12-14-20)21-22-15-16-23-21;9*1-2;/h1-13,16,21-23H,14-15H2;2*1-14,21-23H,15-16H2;9*1-2H3;1H4. The third-order valence-corrected chi connectivity index (χ3v) is 13.0. The summed E-state index contributed by atoms with van der Waals surface area (Å²) >= 11 is 0. The van der Waals surface area contributed by atoms with Crippen molar-refractivity contribution in [2.75, 3.05) is 54.0 Å². The first kappa shape index (κ1) is 83.1. The fourth-order valence-electron chi connectivity index (χ4n) is 9.59. The fraction of sp³-hybridized carbons (Fsp3) is 0.341. The molecule has 9 nitrogen and oxygen atoms in total. The van der Waals surface area contributed by atoms with Gasteiger partial charge in [0.05, 0.1) is 24.2 Å². The van der Waals surface area contributed by atoms with Gasteiger partial charge in [0.25, 0.3) is 0 Å². The highest BCUT2D eigenvalue weighted by Crippen LogP contribution is 2.39. The topological polar surface area (TPSA) is 81.9 Å². The van der Waals surface area contributed by atoms with E-state index >= 15 is 0 Å². The van der Waals surface area contributed by atoms with Crippen LogP contribution in [-0.4, -0.2) is 39.3 Å². The van der Waals surface area contributed by atoms with Crippen LogP contribution in [0.1, 0.15) is 167 Å². The van der Waals surface area contributed by atoms with Gasteiger partial charge in [0, 0.05) is 90.3 Å². The Morgan fingerprint density at radius 3 is 0.791 bits per heavy atom. The predicted molar refractivity (Wildman–Crippen MR) is 408 cm³/mol. The van der Waals surface area contributed by atoms with Gasteiger partial charge in [-0.15, -0.1) is 0 Å². The third kappa shape index (κ3) is 26.9. The molecule has 3 heterocycles. The molecule has 9 aromatic rings. The van der Waals surface area contributed by atoms with Crippen molar-refractivity contribution in [3.63, 3.8) is 0 Å². The van der Waals surface area contributed by atoms with Gasteiger partial charge in [0.1, 0.15) is 0 Å². The Kier molecular flexibility index (Phi) is 49.3. The van der Waals surface area contributed by atoms with Crippen LogP contribution in [0.3, 0.4) is 0 Å². The minimum atomic E-state index is 0. The molecule has 0 radical (unpaired) electrons. The maximum absolute atomic E-state index is 3.53. The van der Waals surface area contributed by atoms with Crippen LogP contribution in [0.4, 0.5) is 51.2 Å². The van der Waals surface area contributed by atoms with Gasteiger partial charge in [-0.25, -0.2) is 0 Å². The molecule has 91 heavy (non-hydrogen) atoms. The van der Waals surface area contributed by atoms with Crippen LogP contribution in [-0.2, 0) is 0 Å². The SMILES string of the molecule is C.CC.CC.CC.CC.CC.CC.CC.CC.CC.c1ccc(N(c2ccccc2)c2ccc(C3NCCN3)cc2)cc1.c1ccc(N(c2ccccc2)c2cccc(C3NCCN3)c2)cc1.c1ccc(N(c2ccccc2)c2ccccc2C2NCCN2)cc1. The van der Waals surface area contributed by atoms with E-state index in [0.717, 1.165) is 79.1 Å². The molecule has 494 valence electrons. The molecule has 3 fully saturated rings. The Balaban J connectivity index is 0.00000118. The Bertz CT molecular complexity index is 2870. The van der Waals surface area contributed by atoms with Gasteiger partial charge in [-0.1, -0.05) is 284 Å². The Morgan fingerprint density at radius 1 is 0.220 bits per heavy atom. The number of anilines is 9. The maximum Gasteiger partial charge on any atom is 0.0856 e. The molecular weight excluding hydrogens is 1110 g/mol. The first-order valence-corrected chi connectivity index (χ1v) is 34.2. The Morgan fingerprint density at radius 2 is 0.462 bits per heavy atom. The third-order valence-electron chi connectivity index (χ3n) is 13.0. The molecule has 0 spiro atoms. The smallest absolute Gasteiger partial charge is 0.0856 e. The Hall–Kier alpha value is -7.86. The monoisotopic (exact) mass is 1230 g/mol. The molecule has 0 bridgehead atoms. The zero-order valence-corrected chi connectivity index (χ0v) is 58.6. The van der Waals surface area contributed by atoms with Crippen molar-refractivity contribution in [3.8, 4) is 0 Å². The average molecular weight is 1230 g/mol. The van der Waals surface area contributed by atoms with Gasteiger partial charge < -0.3 is 14.7 Å². The van der Waals surface area contributed by atoms with Crippen LogP contribution in [0.25, 0.3) is 0 Å². The van der Waals surface area contributed by atoms with Crippen molar-refractivity contribution in [2.45, 2.75) is 151 Å². The van der Waals surface area contributed by atoms with Gasteiger partial charge >= 0.3 is 0 Å². The number of nitrogens with zero attached hydrogens (tertiary/aromatic N) is 3. The average Bonchev–Trinajstić information content (AvgIpc) is 1.93. The number of rotatable bonds is 12. The van der Waals surface area contributed by atoms with Crippen LogP contribution in [0.5, 0.6) is 0 Å². The van der Waals surface area contributed by atoms with Crippen molar-refractivity contribution in [1.82, 2.24) is 31.9 Å².